The van der Waals surface area contributed by atoms with Crippen LogP contribution in [0.5, 0.6) is 5.75 Å². The summed E-state index contributed by atoms with van der Waals surface area (Å²) >= 11 is 7.54. The molecule has 1 atom stereocenters. The first kappa shape index (κ1) is 20.3. The number of rotatable bonds is 2. The highest BCUT2D eigenvalue weighted by Crippen LogP contribution is 2.39. The fourth-order valence-corrected chi connectivity index (χ4v) is 5.47. The van der Waals surface area contributed by atoms with Crippen LogP contribution in [0.2, 0.25) is 5.15 Å². The lowest BCUT2D eigenvalue weighted by Crippen LogP contribution is -2.36. The highest BCUT2D eigenvalue weighted by atomic mass is 35.5. The Balaban J connectivity index is 1.72. The van der Waals surface area contributed by atoms with Crippen LogP contribution < -0.4 is 14.8 Å². The molecule has 0 radical (unpaired) electrons. The van der Waals surface area contributed by atoms with Crippen molar-refractivity contribution in [1.82, 2.24) is 25.0 Å². The summed E-state index contributed by atoms with van der Waals surface area (Å²) < 4.78 is 7.70. The van der Waals surface area contributed by atoms with E-state index in [4.69, 9.17) is 16.0 Å². The van der Waals surface area contributed by atoms with Gasteiger partial charge in [-0.1, -0.05) is 23.7 Å². The molecule has 1 unspecified atom stereocenters. The minimum atomic E-state index is -0.685. The summed E-state index contributed by atoms with van der Waals surface area (Å²) in [5.41, 5.74) is 1.40. The molecule has 0 spiro atoms. The van der Waals surface area contributed by atoms with Crippen LogP contribution in [0.4, 0.5) is 0 Å². The monoisotopic (exact) mass is 486 g/mol. The van der Waals surface area contributed by atoms with E-state index in [0.717, 1.165) is 11.3 Å². The van der Waals surface area contributed by atoms with Crippen LogP contribution >= 0.6 is 22.9 Å². The summed E-state index contributed by atoms with van der Waals surface area (Å²) in [7, 11) is 0. The lowest BCUT2D eigenvalue weighted by molar-refractivity contribution is 0.480. The maximum atomic E-state index is 13.5. The molecule has 0 amide bonds. The highest BCUT2D eigenvalue weighted by Gasteiger charge is 2.36. The summed E-state index contributed by atoms with van der Waals surface area (Å²) in [4.78, 5) is 17.8. The number of hydrogen-bond donors (Lipinski definition) is 1. The number of aromatic nitrogens is 5. The second-order valence-corrected chi connectivity index (χ2v) is 8.81. The zero-order valence-corrected chi connectivity index (χ0v) is 18.6. The molecule has 9 nitrogen and oxygen atoms in total. The van der Waals surface area contributed by atoms with Crippen LogP contribution in [0.15, 0.2) is 58.1 Å². The van der Waals surface area contributed by atoms with E-state index in [0.29, 0.717) is 37.0 Å². The molecule has 1 aliphatic heterocycles. The highest BCUT2D eigenvalue weighted by molar-refractivity contribution is 7.07. The first-order chi connectivity index (χ1) is 16.6. The minimum Gasteiger partial charge on any atom is -0.506 e. The van der Waals surface area contributed by atoms with E-state index in [9.17, 15) is 15.2 Å². The molecule has 164 valence electrons. The van der Waals surface area contributed by atoms with Gasteiger partial charge in [-0.25, -0.2) is 4.57 Å². The number of hydrogen-bond acceptors (Lipinski definition) is 9. The van der Waals surface area contributed by atoms with Gasteiger partial charge in [-0.05, 0) is 41.1 Å². The molecule has 0 saturated carbocycles. The molecule has 1 aromatic carbocycles. The topological polar surface area (TPSA) is 131 Å². The van der Waals surface area contributed by atoms with Crippen molar-refractivity contribution in [3.8, 4) is 17.6 Å². The average molecular weight is 487 g/mol. The third-order valence-corrected chi connectivity index (χ3v) is 6.98. The van der Waals surface area contributed by atoms with Gasteiger partial charge >= 0.3 is 0 Å². The molecule has 5 heterocycles. The summed E-state index contributed by atoms with van der Waals surface area (Å²) in [6.07, 6.45) is 4.79. The molecule has 4 aromatic heterocycles. The Hall–Kier alpha value is -4.33. The van der Waals surface area contributed by atoms with Crippen LogP contribution in [-0.4, -0.2) is 30.1 Å². The van der Waals surface area contributed by atoms with Gasteiger partial charge in [-0.2, -0.15) is 5.26 Å². The number of phenols is 1. The molecular weight excluding hydrogens is 476 g/mol. The van der Waals surface area contributed by atoms with Crippen LogP contribution in [0.3, 0.4) is 0 Å². The summed E-state index contributed by atoms with van der Waals surface area (Å²) in [6.45, 7) is 0. The third kappa shape index (κ3) is 2.88. The quantitative estimate of drug-likeness (QED) is 0.402. The number of thiazole rings is 1. The molecule has 6 rings (SSSR count). The van der Waals surface area contributed by atoms with Gasteiger partial charge in [0.1, 0.15) is 21.7 Å². The van der Waals surface area contributed by atoms with E-state index in [1.165, 1.54) is 16.9 Å². The normalized spacial score (nSPS) is 15.2. The van der Waals surface area contributed by atoms with Crippen molar-refractivity contribution in [3.05, 3.63) is 90.4 Å². The van der Waals surface area contributed by atoms with Crippen molar-refractivity contribution >= 4 is 45.5 Å². The standard InChI is InChI=1S/C23H11ClN6O3S/c24-20-18-17(15-4-2-8-33-15)13(10-25)23-30(21(18)28-29-27-20)22(32)16(34-23)9-11-5-6-14(31)19-12(11)3-1-7-26-19/h1-9,17,31H/b16-9+. The largest absolute Gasteiger partial charge is 0.506 e. The minimum absolute atomic E-state index is 0.0315. The Labute approximate surface area is 199 Å². The van der Waals surface area contributed by atoms with Crippen LogP contribution in [0.25, 0.3) is 28.4 Å². The molecule has 0 saturated heterocycles. The lowest BCUT2D eigenvalue weighted by atomic mass is 9.89. The second-order valence-electron chi connectivity index (χ2n) is 7.42. The fourth-order valence-electron chi connectivity index (χ4n) is 4.14. The van der Waals surface area contributed by atoms with Crippen molar-refractivity contribution in [2.75, 3.05) is 0 Å². The molecule has 0 fully saturated rings. The van der Waals surface area contributed by atoms with Gasteiger partial charge in [0.05, 0.1) is 33.9 Å². The Morgan fingerprint density at radius 1 is 1.24 bits per heavy atom. The zero-order valence-electron chi connectivity index (χ0n) is 17.0. The van der Waals surface area contributed by atoms with Gasteiger partial charge in [-0.15, -0.1) is 21.5 Å². The molecule has 1 aliphatic rings. The number of furan rings is 1. The number of aromatic hydroxyl groups is 1. The van der Waals surface area contributed by atoms with Crippen molar-refractivity contribution in [2.24, 2.45) is 0 Å². The van der Waals surface area contributed by atoms with Gasteiger partial charge in [0.2, 0.25) is 0 Å². The predicted molar refractivity (Wildman–Crippen MR) is 124 cm³/mol. The molecule has 1 N–H and O–H groups in total. The fraction of sp³-hybridized carbons (Fsp3) is 0.0435. The van der Waals surface area contributed by atoms with Gasteiger partial charge in [0, 0.05) is 11.6 Å². The van der Waals surface area contributed by atoms with Gasteiger partial charge in [-0.3, -0.25) is 9.78 Å². The third-order valence-electron chi connectivity index (χ3n) is 5.60. The number of halogens is 1. The van der Waals surface area contributed by atoms with Crippen molar-refractivity contribution in [3.63, 3.8) is 0 Å². The van der Waals surface area contributed by atoms with Gasteiger partial charge in [0.15, 0.2) is 11.0 Å². The second kappa shape index (κ2) is 7.62. The molecule has 0 aliphatic carbocycles. The number of pyridine rings is 1. The SMILES string of the molecule is N#CC1=c2s/c(=C/c3ccc(O)c4ncccc34)c(=O)n2-c2nnnc(Cl)c2C1c1ccco1. The zero-order chi connectivity index (χ0) is 23.4. The summed E-state index contributed by atoms with van der Waals surface area (Å²) in [5, 5.41) is 32.6. The molecule has 0 bridgehead atoms. The van der Waals surface area contributed by atoms with E-state index >= 15 is 0 Å². The molecular formula is C23H11ClN6O3S. The Morgan fingerprint density at radius 2 is 2.12 bits per heavy atom. The maximum absolute atomic E-state index is 13.5. The number of fused-ring (bicyclic) bond motifs is 4. The van der Waals surface area contributed by atoms with Gasteiger partial charge < -0.3 is 9.52 Å². The Kier molecular flexibility index (Phi) is 4.55. The van der Waals surface area contributed by atoms with E-state index in [-0.39, 0.29) is 27.9 Å². The predicted octanol–water partition coefficient (Wildman–Crippen LogP) is 2.23. The number of nitrogens with zero attached hydrogens (tertiary/aromatic N) is 6. The first-order valence-corrected chi connectivity index (χ1v) is 11.1. The average Bonchev–Trinajstić information content (AvgIpc) is 3.49. The molecule has 34 heavy (non-hydrogen) atoms. The summed E-state index contributed by atoms with van der Waals surface area (Å²) in [5.74, 6) is 0.0362. The Bertz CT molecular complexity index is 1840. The van der Waals surface area contributed by atoms with Crippen molar-refractivity contribution in [1.29, 1.82) is 5.26 Å². The first-order valence-electron chi connectivity index (χ1n) is 9.95. The Morgan fingerprint density at radius 3 is 2.91 bits per heavy atom. The van der Waals surface area contributed by atoms with Crippen LogP contribution in [-0.2, 0) is 0 Å². The van der Waals surface area contributed by atoms with Crippen LogP contribution in [0.1, 0.15) is 22.8 Å². The van der Waals surface area contributed by atoms with E-state index in [2.05, 4.69) is 26.5 Å². The van der Waals surface area contributed by atoms with E-state index in [1.807, 2.05) is 6.07 Å². The van der Waals surface area contributed by atoms with Crippen molar-refractivity contribution < 1.29 is 9.52 Å². The number of nitriles is 1. The van der Waals surface area contributed by atoms with E-state index < -0.39 is 5.92 Å². The summed E-state index contributed by atoms with van der Waals surface area (Å²) in [6, 6.07) is 12.5. The number of benzene rings is 1. The van der Waals surface area contributed by atoms with Crippen LogP contribution in [0, 0.1) is 11.3 Å². The van der Waals surface area contributed by atoms with Crippen molar-refractivity contribution in [2.45, 2.75) is 5.92 Å². The van der Waals surface area contributed by atoms with Gasteiger partial charge in [0.25, 0.3) is 5.56 Å². The molecule has 11 heteroatoms. The molecule has 5 aromatic rings. The maximum Gasteiger partial charge on any atom is 0.274 e. The van der Waals surface area contributed by atoms with E-state index in [1.54, 1.807) is 36.5 Å². The smallest absolute Gasteiger partial charge is 0.274 e. The number of phenolic OH excluding ortho intramolecular Hbond substituents is 1. The lowest BCUT2D eigenvalue weighted by Gasteiger charge is -2.21.